The lowest BCUT2D eigenvalue weighted by Gasteiger charge is -2.38. The molecule has 0 amide bonds. The summed E-state index contributed by atoms with van der Waals surface area (Å²) in [6, 6.07) is 7.96. The molecule has 0 aromatic heterocycles. The minimum atomic E-state index is -1.40. The highest BCUT2D eigenvalue weighted by molar-refractivity contribution is 6.83. The van der Waals surface area contributed by atoms with Crippen LogP contribution in [-0.4, -0.2) is 48.4 Å². The average molecular weight is 439 g/mol. The molecule has 166 valence electrons. The summed E-state index contributed by atoms with van der Waals surface area (Å²) in [5.41, 5.74) is 5.57. The fraction of sp³-hybridized carbons (Fsp3) is 0.462. The Labute approximate surface area is 188 Å². The molecule has 0 bridgehead atoms. The summed E-state index contributed by atoms with van der Waals surface area (Å²) < 4.78 is 22.8. The van der Waals surface area contributed by atoms with Crippen molar-refractivity contribution in [1.82, 2.24) is 0 Å². The Morgan fingerprint density at radius 3 is 2.35 bits per heavy atom. The van der Waals surface area contributed by atoms with E-state index in [2.05, 4.69) is 49.0 Å². The molecular weight excluding hydrogens is 404 g/mol. The molecule has 0 saturated carbocycles. The molecule has 0 radical (unpaired) electrons. The van der Waals surface area contributed by atoms with Gasteiger partial charge in [-0.05, 0) is 54.7 Å². The van der Waals surface area contributed by atoms with E-state index in [0.29, 0.717) is 0 Å². The molecule has 4 nitrogen and oxygen atoms in total. The molecule has 0 fully saturated rings. The Hall–Kier alpha value is -2.28. The maximum Gasteiger partial charge on any atom is 0.179 e. The van der Waals surface area contributed by atoms with Gasteiger partial charge in [0.05, 0.1) is 7.11 Å². The van der Waals surface area contributed by atoms with Crippen molar-refractivity contribution in [2.24, 2.45) is 0 Å². The smallest absolute Gasteiger partial charge is 0.179 e. The van der Waals surface area contributed by atoms with Gasteiger partial charge in [0.2, 0.25) is 0 Å². The molecule has 0 N–H and O–H groups in total. The predicted molar refractivity (Wildman–Crippen MR) is 129 cm³/mol. The van der Waals surface area contributed by atoms with Crippen LogP contribution in [0.5, 0.6) is 5.75 Å². The van der Waals surface area contributed by atoms with Gasteiger partial charge in [-0.15, -0.1) is 5.54 Å². The monoisotopic (exact) mass is 438 g/mol. The van der Waals surface area contributed by atoms with Crippen LogP contribution < -0.4 is 4.74 Å². The fourth-order valence-electron chi connectivity index (χ4n) is 3.73. The molecule has 2 rings (SSSR count). The van der Waals surface area contributed by atoms with E-state index < -0.39 is 20.0 Å². The van der Waals surface area contributed by atoms with Gasteiger partial charge in [-0.2, -0.15) is 0 Å². The second kappa shape index (κ2) is 11.4. The van der Waals surface area contributed by atoms with E-state index >= 15 is 0 Å². The second-order valence-corrected chi connectivity index (χ2v) is 13.2. The summed E-state index contributed by atoms with van der Waals surface area (Å²) >= 11 is 0. The molecule has 31 heavy (non-hydrogen) atoms. The van der Waals surface area contributed by atoms with Crippen LogP contribution in [0.2, 0.25) is 19.6 Å². The largest absolute Gasteiger partial charge is 0.497 e. The van der Waals surface area contributed by atoms with Gasteiger partial charge in [0, 0.05) is 26.9 Å². The Bertz CT molecular complexity index is 930. The Morgan fingerprint density at radius 2 is 1.74 bits per heavy atom. The Balaban J connectivity index is 2.60. The summed E-state index contributed by atoms with van der Waals surface area (Å²) in [5, 5.41) is 0. The molecule has 0 aliphatic heterocycles. The zero-order valence-corrected chi connectivity index (χ0v) is 20.8. The number of methoxy groups -OCH3 is 4. The van der Waals surface area contributed by atoms with Gasteiger partial charge in [-0.1, -0.05) is 49.5 Å². The third-order valence-electron chi connectivity index (χ3n) is 5.09. The van der Waals surface area contributed by atoms with Crippen molar-refractivity contribution < 1.29 is 18.9 Å². The van der Waals surface area contributed by atoms with Gasteiger partial charge in [-0.3, -0.25) is 0 Å². The van der Waals surface area contributed by atoms with Crippen molar-refractivity contribution in [2.45, 2.75) is 50.8 Å². The molecule has 1 aromatic carbocycles. The quantitative estimate of drug-likeness (QED) is 0.353. The topological polar surface area (TPSA) is 36.9 Å². The van der Waals surface area contributed by atoms with E-state index in [1.54, 1.807) is 34.5 Å². The lowest BCUT2D eigenvalue weighted by atomic mass is 9.75. The molecule has 1 atom stereocenters. The van der Waals surface area contributed by atoms with E-state index in [9.17, 15) is 0 Å². The summed E-state index contributed by atoms with van der Waals surface area (Å²) in [4.78, 5) is 0. The number of hydrogen-bond acceptors (Lipinski definition) is 4. The fourth-order valence-corrected chi connectivity index (χ4v) is 4.25. The molecule has 1 aliphatic carbocycles. The van der Waals surface area contributed by atoms with Gasteiger partial charge in [0.1, 0.15) is 13.8 Å². The van der Waals surface area contributed by atoms with Crippen molar-refractivity contribution in [1.29, 1.82) is 0 Å². The van der Waals surface area contributed by atoms with Crippen molar-refractivity contribution in [3.05, 3.63) is 47.6 Å². The van der Waals surface area contributed by atoms with Gasteiger partial charge < -0.3 is 18.9 Å². The molecule has 1 aromatic rings. The normalized spacial score (nSPS) is 19.1. The molecule has 0 unspecified atom stereocenters. The van der Waals surface area contributed by atoms with Crippen molar-refractivity contribution >= 4 is 13.6 Å². The number of hydrogen-bond donors (Lipinski definition) is 0. The van der Waals surface area contributed by atoms with Gasteiger partial charge in [0.25, 0.3) is 0 Å². The van der Waals surface area contributed by atoms with Crippen molar-refractivity contribution in [3.63, 3.8) is 0 Å². The highest BCUT2D eigenvalue weighted by atomic mass is 28.3. The van der Waals surface area contributed by atoms with Gasteiger partial charge >= 0.3 is 0 Å². The van der Waals surface area contributed by atoms with Gasteiger partial charge in [0.15, 0.2) is 11.9 Å². The molecule has 0 heterocycles. The first-order valence-electron chi connectivity index (χ1n) is 10.5. The van der Waals surface area contributed by atoms with E-state index in [1.165, 1.54) is 0 Å². The summed E-state index contributed by atoms with van der Waals surface area (Å²) in [7, 11) is 5.28. The van der Waals surface area contributed by atoms with Crippen LogP contribution in [-0.2, 0) is 14.2 Å². The first-order valence-corrected chi connectivity index (χ1v) is 14.0. The summed E-state index contributed by atoms with van der Waals surface area (Å²) in [6.07, 6.45) is 5.71. The van der Waals surface area contributed by atoms with Crippen LogP contribution >= 0.6 is 0 Å². The number of ether oxygens (including phenoxy) is 4. The molecular formula is C26H34O4Si. The standard InChI is InChI=1S/C26H34O4Si/c1-27-22-15-12-14-21(20-22)24-23(25(28-2)29-3)16-13-18-26(24,30-4)17-10-8-9-11-19-31(5,6)7/h8-9,12,14-15,20,25H,13,16,18H2,1-7H3/b9-8-/t26-/m0/s1. The van der Waals surface area contributed by atoms with E-state index in [4.69, 9.17) is 18.9 Å². The lowest BCUT2D eigenvalue weighted by molar-refractivity contribution is -0.0787. The van der Waals surface area contributed by atoms with E-state index in [-0.39, 0.29) is 0 Å². The zero-order chi connectivity index (χ0) is 22.9. The van der Waals surface area contributed by atoms with Crippen LogP contribution in [0, 0.1) is 23.3 Å². The molecule has 0 spiro atoms. The third-order valence-corrected chi connectivity index (χ3v) is 5.99. The molecule has 0 saturated heterocycles. The average Bonchev–Trinajstić information content (AvgIpc) is 2.76. The molecule has 5 heteroatoms. The minimum Gasteiger partial charge on any atom is -0.497 e. The second-order valence-electron chi connectivity index (χ2n) is 8.44. The number of allylic oxidation sites excluding steroid dienone is 2. The third kappa shape index (κ3) is 6.60. The van der Waals surface area contributed by atoms with Gasteiger partial charge in [-0.25, -0.2) is 0 Å². The van der Waals surface area contributed by atoms with Crippen molar-refractivity contribution in [2.75, 3.05) is 28.4 Å². The van der Waals surface area contributed by atoms with Crippen molar-refractivity contribution in [3.8, 4) is 29.1 Å². The summed E-state index contributed by atoms with van der Waals surface area (Å²) in [6.45, 7) is 6.66. The molecule has 1 aliphatic rings. The van der Waals surface area contributed by atoms with Crippen LogP contribution in [0.1, 0.15) is 24.8 Å². The Morgan fingerprint density at radius 1 is 1.03 bits per heavy atom. The highest BCUT2D eigenvalue weighted by Gasteiger charge is 2.40. The maximum atomic E-state index is 6.10. The first kappa shape index (κ1) is 25.0. The predicted octanol–water partition coefficient (Wildman–Crippen LogP) is 5.08. The van der Waals surface area contributed by atoms with Crippen LogP contribution in [0.15, 0.2) is 42.0 Å². The first-order chi connectivity index (χ1) is 14.8. The summed E-state index contributed by atoms with van der Waals surface area (Å²) in [5.74, 6) is 10.4. The highest BCUT2D eigenvalue weighted by Crippen LogP contribution is 2.44. The van der Waals surface area contributed by atoms with Crippen LogP contribution in [0.25, 0.3) is 5.57 Å². The maximum absolute atomic E-state index is 6.10. The SMILES string of the molecule is COc1cccc(C2=C(C(OC)OC)CCC[C@]2(C#C/C=C\C#C[Si](C)(C)C)OC)c1. The van der Waals surface area contributed by atoms with E-state index in [1.807, 2.05) is 24.3 Å². The van der Waals surface area contributed by atoms with E-state index in [0.717, 1.165) is 41.7 Å². The number of benzene rings is 1. The van der Waals surface area contributed by atoms with Crippen LogP contribution in [0.4, 0.5) is 0 Å². The number of rotatable bonds is 6. The zero-order valence-electron chi connectivity index (χ0n) is 19.8. The minimum absolute atomic E-state index is 0.462. The lowest BCUT2D eigenvalue weighted by Crippen LogP contribution is -2.37. The Kier molecular flexibility index (Phi) is 9.16. The van der Waals surface area contributed by atoms with Crippen LogP contribution in [0.3, 0.4) is 0 Å².